The Morgan fingerprint density at radius 3 is 2.65 bits per heavy atom. The highest BCUT2D eigenvalue weighted by atomic mass is 32.2. The second-order valence-electron chi connectivity index (χ2n) is 5.36. The van der Waals surface area contributed by atoms with Gasteiger partial charge in [-0.05, 0) is 43.7 Å². The molecular weight excluding hydrogens is 313 g/mol. The first-order chi connectivity index (χ1) is 11.0. The summed E-state index contributed by atoms with van der Waals surface area (Å²) in [7, 11) is 0. The van der Waals surface area contributed by atoms with Gasteiger partial charge >= 0.3 is 0 Å². The molecule has 0 bridgehead atoms. The Hall–Kier alpha value is -2.01. The molecule has 0 spiro atoms. The minimum Gasteiger partial charge on any atom is -0.491 e. The fourth-order valence-electron chi connectivity index (χ4n) is 1.96. The van der Waals surface area contributed by atoms with E-state index in [0.29, 0.717) is 11.5 Å². The smallest absolute Gasteiger partial charge is 0.234 e. The Morgan fingerprint density at radius 2 is 1.96 bits per heavy atom. The first-order valence-electron chi connectivity index (χ1n) is 7.41. The summed E-state index contributed by atoms with van der Waals surface area (Å²) in [5.41, 5.74) is 1.71. The number of amides is 1. The molecule has 0 radical (unpaired) electrons. The Kier molecular flexibility index (Phi) is 6.47. The third-order valence-electron chi connectivity index (χ3n) is 2.90. The minimum absolute atomic E-state index is 0.0705. The maximum atomic E-state index is 12.8. The number of anilines is 1. The lowest BCUT2D eigenvalue weighted by atomic mass is 10.2. The predicted molar refractivity (Wildman–Crippen MR) is 93.4 cm³/mol. The van der Waals surface area contributed by atoms with Gasteiger partial charge in [-0.15, -0.1) is 11.8 Å². The average molecular weight is 333 g/mol. The molecule has 0 fully saturated rings. The zero-order valence-electron chi connectivity index (χ0n) is 13.2. The molecule has 122 valence electrons. The van der Waals surface area contributed by atoms with Gasteiger partial charge in [0.2, 0.25) is 5.91 Å². The molecule has 0 heterocycles. The van der Waals surface area contributed by atoms with E-state index < -0.39 is 0 Å². The van der Waals surface area contributed by atoms with E-state index in [0.717, 1.165) is 17.0 Å². The van der Waals surface area contributed by atoms with Crippen molar-refractivity contribution in [3.63, 3.8) is 0 Å². The lowest BCUT2D eigenvalue weighted by Gasteiger charge is -2.11. The first kappa shape index (κ1) is 17.3. The van der Waals surface area contributed by atoms with Crippen molar-refractivity contribution in [1.29, 1.82) is 0 Å². The van der Waals surface area contributed by atoms with Crippen LogP contribution in [0.15, 0.2) is 48.5 Å². The van der Waals surface area contributed by atoms with Crippen molar-refractivity contribution in [3.05, 3.63) is 59.9 Å². The molecule has 0 aliphatic heterocycles. The second kappa shape index (κ2) is 8.58. The van der Waals surface area contributed by atoms with E-state index in [-0.39, 0.29) is 17.8 Å². The molecule has 0 aromatic heterocycles. The third kappa shape index (κ3) is 6.32. The van der Waals surface area contributed by atoms with Crippen LogP contribution in [-0.4, -0.2) is 17.8 Å². The van der Waals surface area contributed by atoms with E-state index in [4.69, 9.17) is 4.74 Å². The van der Waals surface area contributed by atoms with Gasteiger partial charge in [0.25, 0.3) is 0 Å². The summed E-state index contributed by atoms with van der Waals surface area (Å²) in [6, 6.07) is 13.7. The second-order valence-corrected chi connectivity index (χ2v) is 6.35. The monoisotopic (exact) mass is 333 g/mol. The molecule has 0 unspecified atom stereocenters. The van der Waals surface area contributed by atoms with Crippen LogP contribution in [0.3, 0.4) is 0 Å². The molecule has 1 N–H and O–H groups in total. The van der Waals surface area contributed by atoms with Crippen LogP contribution in [0.2, 0.25) is 0 Å². The summed E-state index contributed by atoms with van der Waals surface area (Å²) in [6.45, 7) is 3.91. The average Bonchev–Trinajstić information content (AvgIpc) is 2.49. The van der Waals surface area contributed by atoms with Gasteiger partial charge in [0.15, 0.2) is 0 Å². The van der Waals surface area contributed by atoms with Gasteiger partial charge in [-0.1, -0.05) is 18.2 Å². The van der Waals surface area contributed by atoms with Crippen molar-refractivity contribution in [1.82, 2.24) is 0 Å². The number of ether oxygens (including phenoxy) is 1. The molecule has 3 nitrogen and oxygen atoms in total. The molecule has 0 aliphatic carbocycles. The van der Waals surface area contributed by atoms with Crippen molar-refractivity contribution in [2.45, 2.75) is 25.7 Å². The fraction of sp³-hybridized carbons (Fsp3) is 0.278. The highest BCUT2D eigenvalue weighted by Crippen LogP contribution is 2.19. The van der Waals surface area contributed by atoms with Crippen LogP contribution in [0, 0.1) is 5.82 Å². The van der Waals surface area contributed by atoms with Crippen LogP contribution >= 0.6 is 11.8 Å². The number of thioether (sulfide) groups is 1. The molecular formula is C18H20FNO2S. The van der Waals surface area contributed by atoms with E-state index in [2.05, 4.69) is 5.32 Å². The summed E-state index contributed by atoms with van der Waals surface area (Å²) >= 11 is 1.49. The predicted octanol–water partition coefficient (Wildman–Crippen LogP) is 4.48. The summed E-state index contributed by atoms with van der Waals surface area (Å²) < 4.78 is 18.4. The number of halogens is 1. The van der Waals surface area contributed by atoms with Crippen molar-refractivity contribution in [2.24, 2.45) is 0 Å². The molecule has 0 saturated heterocycles. The molecule has 1 amide bonds. The summed E-state index contributed by atoms with van der Waals surface area (Å²) in [5, 5.41) is 2.85. The van der Waals surface area contributed by atoms with E-state index in [9.17, 15) is 9.18 Å². The normalized spacial score (nSPS) is 10.6. The Bertz CT molecular complexity index is 644. The van der Waals surface area contributed by atoms with E-state index in [1.165, 1.54) is 23.9 Å². The van der Waals surface area contributed by atoms with Crippen LogP contribution in [-0.2, 0) is 10.5 Å². The number of carbonyl (C=O) groups excluding carboxylic acids is 1. The Morgan fingerprint density at radius 1 is 1.22 bits per heavy atom. The summed E-state index contributed by atoms with van der Waals surface area (Å²) in [5.74, 6) is 1.42. The number of rotatable bonds is 7. The minimum atomic E-state index is -0.250. The highest BCUT2D eigenvalue weighted by molar-refractivity contribution is 7.99. The summed E-state index contributed by atoms with van der Waals surface area (Å²) in [4.78, 5) is 12.0. The molecule has 23 heavy (non-hydrogen) atoms. The SMILES string of the molecule is CC(C)Oc1cccc(NC(=O)CSCc2ccc(F)cc2)c1. The Balaban J connectivity index is 1.79. The van der Waals surface area contributed by atoms with Crippen molar-refractivity contribution in [2.75, 3.05) is 11.1 Å². The molecule has 0 aliphatic rings. The van der Waals surface area contributed by atoms with Crippen LogP contribution in [0.25, 0.3) is 0 Å². The topological polar surface area (TPSA) is 38.3 Å². The lowest BCUT2D eigenvalue weighted by molar-refractivity contribution is -0.113. The fourth-order valence-corrected chi connectivity index (χ4v) is 2.75. The number of nitrogens with one attached hydrogen (secondary N) is 1. The van der Waals surface area contributed by atoms with Crippen LogP contribution in [0.1, 0.15) is 19.4 Å². The van der Waals surface area contributed by atoms with Gasteiger partial charge in [-0.25, -0.2) is 4.39 Å². The van der Waals surface area contributed by atoms with Crippen LogP contribution in [0.5, 0.6) is 5.75 Å². The van der Waals surface area contributed by atoms with Crippen molar-refractivity contribution in [3.8, 4) is 5.75 Å². The number of carbonyl (C=O) groups is 1. The Labute approximate surface area is 140 Å². The molecule has 2 aromatic rings. The zero-order chi connectivity index (χ0) is 16.7. The number of benzene rings is 2. The quantitative estimate of drug-likeness (QED) is 0.811. The molecule has 0 saturated carbocycles. The van der Waals surface area contributed by atoms with Crippen LogP contribution in [0.4, 0.5) is 10.1 Å². The van der Waals surface area contributed by atoms with E-state index in [1.54, 1.807) is 12.1 Å². The maximum Gasteiger partial charge on any atom is 0.234 e. The van der Waals surface area contributed by atoms with Gasteiger partial charge in [-0.2, -0.15) is 0 Å². The standard InChI is InChI=1S/C18H20FNO2S/c1-13(2)22-17-5-3-4-16(10-17)20-18(21)12-23-11-14-6-8-15(19)9-7-14/h3-10,13H,11-12H2,1-2H3,(H,20,21). The summed E-state index contributed by atoms with van der Waals surface area (Å²) in [6.07, 6.45) is 0.0900. The molecule has 0 atom stereocenters. The van der Waals surface area contributed by atoms with Gasteiger partial charge in [-0.3, -0.25) is 4.79 Å². The molecule has 2 rings (SSSR count). The number of hydrogen-bond acceptors (Lipinski definition) is 3. The molecule has 5 heteroatoms. The first-order valence-corrected chi connectivity index (χ1v) is 8.57. The lowest BCUT2D eigenvalue weighted by Crippen LogP contribution is -2.14. The van der Waals surface area contributed by atoms with Crippen LogP contribution < -0.4 is 10.1 Å². The van der Waals surface area contributed by atoms with Gasteiger partial charge in [0.05, 0.1) is 11.9 Å². The van der Waals surface area contributed by atoms with E-state index >= 15 is 0 Å². The highest BCUT2D eigenvalue weighted by Gasteiger charge is 2.05. The molecule has 2 aromatic carbocycles. The maximum absolute atomic E-state index is 12.8. The van der Waals surface area contributed by atoms with E-state index in [1.807, 2.05) is 38.1 Å². The van der Waals surface area contributed by atoms with Crippen molar-refractivity contribution < 1.29 is 13.9 Å². The third-order valence-corrected chi connectivity index (χ3v) is 3.91. The van der Waals surface area contributed by atoms with Crippen molar-refractivity contribution >= 4 is 23.4 Å². The largest absolute Gasteiger partial charge is 0.491 e. The zero-order valence-corrected chi connectivity index (χ0v) is 14.0. The van der Waals surface area contributed by atoms with Gasteiger partial charge in [0, 0.05) is 17.5 Å². The van der Waals surface area contributed by atoms with Gasteiger partial charge < -0.3 is 10.1 Å². The number of hydrogen-bond donors (Lipinski definition) is 1. The van der Waals surface area contributed by atoms with Gasteiger partial charge in [0.1, 0.15) is 11.6 Å².